The summed E-state index contributed by atoms with van der Waals surface area (Å²) in [6.07, 6.45) is 2.02. The number of carbonyl (C=O) groups excluding carboxylic acids is 1. The van der Waals surface area contributed by atoms with E-state index in [1.165, 1.54) is 0 Å². The van der Waals surface area contributed by atoms with Crippen molar-refractivity contribution in [2.24, 2.45) is 11.7 Å². The third kappa shape index (κ3) is 2.96. The van der Waals surface area contributed by atoms with Gasteiger partial charge in [0, 0.05) is 26.1 Å². The van der Waals surface area contributed by atoms with Crippen LogP contribution < -0.4 is 5.73 Å². The van der Waals surface area contributed by atoms with Crippen LogP contribution >= 0.6 is 0 Å². The zero-order chi connectivity index (χ0) is 10.6. The van der Waals surface area contributed by atoms with E-state index in [-0.39, 0.29) is 12.0 Å². The van der Waals surface area contributed by atoms with Crippen LogP contribution in [0.2, 0.25) is 0 Å². The largest absolute Gasteiger partial charge is 0.393 e. The topological polar surface area (TPSA) is 66.6 Å². The van der Waals surface area contributed by atoms with Gasteiger partial charge in [0.25, 0.3) is 0 Å². The first kappa shape index (κ1) is 11.5. The monoisotopic (exact) mass is 200 g/mol. The number of carbonyl (C=O) groups is 1. The first-order valence-electron chi connectivity index (χ1n) is 5.31. The molecule has 82 valence electrons. The predicted octanol–water partition coefficient (Wildman–Crippen LogP) is -0.0454. The highest BCUT2D eigenvalue weighted by atomic mass is 16.3. The van der Waals surface area contributed by atoms with Crippen LogP contribution in [0.4, 0.5) is 0 Å². The molecular weight excluding hydrogens is 180 g/mol. The maximum Gasteiger partial charge on any atom is 0.223 e. The van der Waals surface area contributed by atoms with Crippen molar-refractivity contribution in [3.8, 4) is 0 Å². The lowest BCUT2D eigenvalue weighted by molar-refractivity contribution is -0.132. The highest BCUT2D eigenvalue weighted by Crippen LogP contribution is 2.20. The summed E-state index contributed by atoms with van der Waals surface area (Å²) in [7, 11) is 0. The van der Waals surface area contributed by atoms with Crippen molar-refractivity contribution in [1.29, 1.82) is 0 Å². The molecule has 0 aromatic rings. The van der Waals surface area contributed by atoms with Crippen molar-refractivity contribution in [2.45, 2.75) is 32.3 Å². The molecule has 1 aliphatic rings. The summed E-state index contributed by atoms with van der Waals surface area (Å²) >= 11 is 0. The molecule has 0 unspecified atom stereocenters. The van der Waals surface area contributed by atoms with Gasteiger partial charge in [0.2, 0.25) is 5.91 Å². The minimum Gasteiger partial charge on any atom is -0.393 e. The zero-order valence-electron chi connectivity index (χ0n) is 8.78. The summed E-state index contributed by atoms with van der Waals surface area (Å²) in [6, 6.07) is 0. The Kier molecular flexibility index (Phi) is 4.35. The van der Waals surface area contributed by atoms with E-state index in [1.807, 2.05) is 11.8 Å². The van der Waals surface area contributed by atoms with Gasteiger partial charge in [-0.2, -0.15) is 0 Å². The smallest absolute Gasteiger partial charge is 0.223 e. The fourth-order valence-electron chi connectivity index (χ4n) is 1.91. The summed E-state index contributed by atoms with van der Waals surface area (Å²) in [4.78, 5) is 13.3. The van der Waals surface area contributed by atoms with Crippen LogP contribution in [0.5, 0.6) is 0 Å². The molecule has 0 aromatic carbocycles. The highest BCUT2D eigenvalue weighted by molar-refractivity contribution is 5.76. The average Bonchev–Trinajstić information content (AvgIpc) is 2.18. The first-order valence-corrected chi connectivity index (χ1v) is 5.31. The van der Waals surface area contributed by atoms with Crippen molar-refractivity contribution in [3.63, 3.8) is 0 Å². The van der Waals surface area contributed by atoms with Crippen molar-refractivity contribution in [1.82, 2.24) is 4.90 Å². The molecule has 0 radical (unpaired) electrons. The molecule has 1 heterocycles. The molecule has 14 heavy (non-hydrogen) atoms. The number of aliphatic hydroxyl groups excluding tert-OH is 1. The fourth-order valence-corrected chi connectivity index (χ4v) is 1.91. The molecule has 1 fully saturated rings. The second-order valence-electron chi connectivity index (χ2n) is 4.00. The molecule has 1 rings (SSSR count). The van der Waals surface area contributed by atoms with Gasteiger partial charge in [-0.1, -0.05) is 0 Å². The maximum atomic E-state index is 11.5. The van der Waals surface area contributed by atoms with Gasteiger partial charge in [-0.05, 0) is 25.7 Å². The van der Waals surface area contributed by atoms with Gasteiger partial charge in [-0.15, -0.1) is 0 Å². The first-order chi connectivity index (χ1) is 6.65. The van der Waals surface area contributed by atoms with Crippen LogP contribution in [0, 0.1) is 5.92 Å². The van der Waals surface area contributed by atoms with Crippen molar-refractivity contribution < 1.29 is 9.90 Å². The molecule has 0 bridgehead atoms. The van der Waals surface area contributed by atoms with Crippen molar-refractivity contribution >= 4 is 5.91 Å². The van der Waals surface area contributed by atoms with Crippen LogP contribution in [0.1, 0.15) is 26.2 Å². The number of hydrogen-bond acceptors (Lipinski definition) is 3. The van der Waals surface area contributed by atoms with Gasteiger partial charge in [0.05, 0.1) is 6.10 Å². The molecule has 0 aliphatic carbocycles. The summed E-state index contributed by atoms with van der Waals surface area (Å²) in [6.45, 7) is 3.79. The van der Waals surface area contributed by atoms with E-state index in [2.05, 4.69) is 0 Å². The van der Waals surface area contributed by atoms with Gasteiger partial charge in [0.1, 0.15) is 0 Å². The molecule has 0 spiro atoms. The van der Waals surface area contributed by atoms with E-state index in [1.54, 1.807) is 0 Å². The highest BCUT2D eigenvalue weighted by Gasteiger charge is 2.24. The van der Waals surface area contributed by atoms with E-state index in [0.717, 1.165) is 25.9 Å². The summed E-state index contributed by atoms with van der Waals surface area (Å²) in [5.74, 6) is 0.508. The van der Waals surface area contributed by atoms with Crippen molar-refractivity contribution in [3.05, 3.63) is 0 Å². The maximum absolute atomic E-state index is 11.5. The molecule has 1 saturated heterocycles. The number of piperidine rings is 1. The quantitative estimate of drug-likeness (QED) is 0.671. The second kappa shape index (κ2) is 5.32. The SMILES string of the molecule is C[C@H](O)C1CCN(C(=O)CCN)CC1. The van der Waals surface area contributed by atoms with Gasteiger partial charge < -0.3 is 15.7 Å². The molecule has 4 nitrogen and oxygen atoms in total. The van der Waals surface area contributed by atoms with Gasteiger partial charge >= 0.3 is 0 Å². The lowest BCUT2D eigenvalue weighted by atomic mass is 9.92. The van der Waals surface area contributed by atoms with Gasteiger partial charge in [0.15, 0.2) is 0 Å². The van der Waals surface area contributed by atoms with Gasteiger partial charge in [-0.25, -0.2) is 0 Å². The Morgan fingerprint density at radius 1 is 1.57 bits per heavy atom. The van der Waals surface area contributed by atoms with E-state index >= 15 is 0 Å². The molecule has 0 aromatic heterocycles. The third-order valence-electron chi connectivity index (χ3n) is 2.93. The Hall–Kier alpha value is -0.610. The summed E-state index contributed by atoms with van der Waals surface area (Å²) in [5.41, 5.74) is 5.32. The van der Waals surface area contributed by atoms with Crippen LogP contribution in [0.3, 0.4) is 0 Å². The van der Waals surface area contributed by atoms with E-state index in [9.17, 15) is 9.90 Å². The predicted molar refractivity (Wildman–Crippen MR) is 54.7 cm³/mol. The Morgan fingerprint density at radius 3 is 2.57 bits per heavy atom. The summed E-state index contributed by atoms with van der Waals surface area (Å²) < 4.78 is 0. The van der Waals surface area contributed by atoms with Gasteiger partial charge in [-0.3, -0.25) is 4.79 Å². The molecule has 1 aliphatic heterocycles. The van der Waals surface area contributed by atoms with E-state index in [4.69, 9.17) is 5.73 Å². The Labute approximate surface area is 85.1 Å². The molecule has 1 atom stereocenters. The number of hydrogen-bond donors (Lipinski definition) is 2. The average molecular weight is 200 g/mol. The fraction of sp³-hybridized carbons (Fsp3) is 0.900. The number of rotatable bonds is 3. The lowest BCUT2D eigenvalue weighted by Crippen LogP contribution is -2.41. The van der Waals surface area contributed by atoms with E-state index < -0.39 is 0 Å². The number of nitrogens with zero attached hydrogens (tertiary/aromatic N) is 1. The van der Waals surface area contributed by atoms with Crippen molar-refractivity contribution in [2.75, 3.05) is 19.6 Å². The summed E-state index contributed by atoms with van der Waals surface area (Å²) in [5, 5.41) is 9.38. The standard InChI is InChI=1S/C10H20N2O2/c1-8(13)9-3-6-12(7-4-9)10(14)2-5-11/h8-9,13H,2-7,11H2,1H3/t8-/m0/s1. The molecule has 3 N–H and O–H groups in total. The van der Waals surface area contributed by atoms with Crippen LogP contribution in [-0.2, 0) is 4.79 Å². The number of aliphatic hydroxyl groups is 1. The normalized spacial score (nSPS) is 20.9. The second-order valence-corrected chi connectivity index (χ2v) is 4.00. The van der Waals surface area contributed by atoms with E-state index in [0.29, 0.717) is 18.9 Å². The lowest BCUT2D eigenvalue weighted by Gasteiger charge is -2.33. The number of amides is 1. The molecule has 1 amide bonds. The van der Waals surface area contributed by atoms with Crippen LogP contribution in [0.25, 0.3) is 0 Å². The number of nitrogens with two attached hydrogens (primary N) is 1. The minimum absolute atomic E-state index is 0.150. The Balaban J connectivity index is 2.31. The van der Waals surface area contributed by atoms with Crippen LogP contribution in [0.15, 0.2) is 0 Å². The number of likely N-dealkylation sites (tertiary alicyclic amines) is 1. The molecule has 4 heteroatoms. The zero-order valence-corrected chi connectivity index (χ0v) is 8.78. The van der Waals surface area contributed by atoms with Crippen LogP contribution in [-0.4, -0.2) is 41.7 Å². The molecular formula is C10H20N2O2. The molecule has 0 saturated carbocycles. The third-order valence-corrected chi connectivity index (χ3v) is 2.93. The Morgan fingerprint density at radius 2 is 2.14 bits per heavy atom. The minimum atomic E-state index is -0.248. The Bertz CT molecular complexity index is 187.